The molecule has 24 heavy (non-hydrogen) atoms. The maximum absolute atomic E-state index is 12.5. The van der Waals surface area contributed by atoms with Crippen molar-refractivity contribution in [3.63, 3.8) is 0 Å². The molecule has 8 nitrogen and oxygen atoms in total. The Hall–Kier alpha value is -2.08. The van der Waals surface area contributed by atoms with Gasteiger partial charge in [-0.3, -0.25) is 4.68 Å². The Morgan fingerprint density at radius 2 is 2.04 bits per heavy atom. The lowest BCUT2D eigenvalue weighted by Gasteiger charge is -2.13. The van der Waals surface area contributed by atoms with Crippen LogP contribution in [0.4, 0.5) is 13.2 Å². The third-order valence-electron chi connectivity index (χ3n) is 2.74. The molecular formula is C11H9ClF3N3O5S. The van der Waals surface area contributed by atoms with E-state index in [0.29, 0.717) is 0 Å². The molecule has 0 aliphatic carbocycles. The number of carbonyl (C=O) groups is 1. The van der Waals surface area contributed by atoms with Crippen LogP contribution >= 0.6 is 11.6 Å². The van der Waals surface area contributed by atoms with Crippen LogP contribution in [0.25, 0.3) is 11.0 Å². The Morgan fingerprint density at radius 1 is 1.42 bits per heavy atom. The molecule has 0 fully saturated rings. The van der Waals surface area contributed by atoms with Crippen molar-refractivity contribution in [3.8, 4) is 5.88 Å². The molecule has 0 atom stereocenters. The van der Waals surface area contributed by atoms with Gasteiger partial charge in [0.1, 0.15) is 5.56 Å². The second kappa shape index (κ2) is 6.09. The Labute approximate surface area is 138 Å². The summed E-state index contributed by atoms with van der Waals surface area (Å²) in [6.07, 6.45) is 1.20. The van der Waals surface area contributed by atoms with E-state index in [1.165, 1.54) is 20.2 Å². The van der Waals surface area contributed by atoms with Crippen LogP contribution in [0.15, 0.2) is 6.20 Å². The molecule has 13 heteroatoms. The van der Waals surface area contributed by atoms with Gasteiger partial charge in [-0.1, -0.05) is 11.6 Å². The highest BCUT2D eigenvalue weighted by Gasteiger charge is 2.49. The average molecular weight is 388 g/mol. The fraction of sp³-hybridized carbons (Fsp3) is 0.364. The summed E-state index contributed by atoms with van der Waals surface area (Å²) in [7, 11) is -4.68. The van der Waals surface area contributed by atoms with E-state index in [1.54, 1.807) is 0 Å². The van der Waals surface area contributed by atoms with E-state index in [1.807, 2.05) is 0 Å². The van der Waals surface area contributed by atoms with E-state index < -0.39 is 33.0 Å². The standard InChI is InChI=1S/C11H9ClF3N3O5S/c1-3-22-10(19)6-7(12)5-4-16-18(2)8(5)17-9(6)23-24(20,21)11(13,14)15/h4H,3H2,1-2H3. The summed E-state index contributed by atoms with van der Waals surface area (Å²) >= 11 is 5.98. The second-order valence-electron chi connectivity index (χ2n) is 4.32. The molecule has 0 N–H and O–H groups in total. The first-order valence-electron chi connectivity index (χ1n) is 6.18. The Bertz CT molecular complexity index is 910. The predicted octanol–water partition coefficient (Wildman–Crippen LogP) is 2.03. The predicted molar refractivity (Wildman–Crippen MR) is 75.1 cm³/mol. The average Bonchev–Trinajstić information content (AvgIpc) is 2.79. The second-order valence-corrected chi connectivity index (χ2v) is 6.23. The van der Waals surface area contributed by atoms with Gasteiger partial charge in [-0.25, -0.2) is 4.79 Å². The molecule has 0 aliphatic heterocycles. The quantitative estimate of drug-likeness (QED) is 0.449. The van der Waals surface area contributed by atoms with E-state index in [2.05, 4.69) is 19.0 Å². The highest BCUT2D eigenvalue weighted by Crippen LogP contribution is 2.35. The first kappa shape index (κ1) is 18.3. The number of nitrogens with zero attached hydrogens (tertiary/aromatic N) is 3. The summed E-state index contributed by atoms with van der Waals surface area (Å²) in [5.41, 5.74) is -6.54. The zero-order chi connectivity index (χ0) is 18.3. The molecule has 2 aromatic rings. The number of esters is 1. The molecule has 2 heterocycles. The zero-order valence-electron chi connectivity index (χ0n) is 12.1. The van der Waals surface area contributed by atoms with Crippen LogP contribution in [0.1, 0.15) is 17.3 Å². The first-order chi connectivity index (χ1) is 11.0. The molecule has 0 spiro atoms. The number of aromatic nitrogens is 3. The number of rotatable bonds is 4. The summed E-state index contributed by atoms with van der Waals surface area (Å²) in [5, 5.41) is 3.50. The van der Waals surface area contributed by atoms with Crippen molar-refractivity contribution in [2.24, 2.45) is 7.05 Å². The van der Waals surface area contributed by atoms with Crippen LogP contribution in [0, 0.1) is 0 Å². The number of ether oxygens (including phenoxy) is 1. The maximum Gasteiger partial charge on any atom is 0.534 e. The summed E-state index contributed by atoms with van der Waals surface area (Å²) in [6, 6.07) is 0. The number of carbonyl (C=O) groups excluding carboxylic acids is 1. The fourth-order valence-electron chi connectivity index (χ4n) is 1.69. The summed E-state index contributed by atoms with van der Waals surface area (Å²) in [6.45, 7) is 1.31. The van der Waals surface area contributed by atoms with Crippen LogP contribution in [0.2, 0.25) is 5.02 Å². The van der Waals surface area contributed by atoms with Gasteiger partial charge in [-0.2, -0.15) is 31.7 Å². The Balaban J connectivity index is 2.72. The van der Waals surface area contributed by atoms with E-state index in [-0.39, 0.29) is 22.7 Å². The summed E-state index contributed by atoms with van der Waals surface area (Å²) < 4.78 is 69.8. The van der Waals surface area contributed by atoms with Crippen molar-refractivity contribution in [3.05, 3.63) is 16.8 Å². The monoisotopic (exact) mass is 387 g/mol. The molecule has 132 valence electrons. The molecule has 0 radical (unpaired) electrons. The van der Waals surface area contributed by atoms with Crippen molar-refractivity contribution in [2.75, 3.05) is 6.61 Å². The first-order valence-corrected chi connectivity index (χ1v) is 7.97. The van der Waals surface area contributed by atoms with Gasteiger partial charge in [0.25, 0.3) is 5.88 Å². The lowest BCUT2D eigenvalue weighted by atomic mass is 10.2. The number of aryl methyl sites for hydroxylation is 1. The zero-order valence-corrected chi connectivity index (χ0v) is 13.7. The number of pyridine rings is 1. The molecule has 0 unspecified atom stereocenters. The summed E-state index contributed by atoms with van der Waals surface area (Å²) in [4.78, 5) is 15.6. The van der Waals surface area contributed by atoms with Crippen molar-refractivity contribution < 1.29 is 35.3 Å². The van der Waals surface area contributed by atoms with Crippen LogP contribution in [-0.4, -0.2) is 41.3 Å². The van der Waals surface area contributed by atoms with Crippen LogP contribution in [0.5, 0.6) is 5.88 Å². The van der Waals surface area contributed by atoms with E-state index in [4.69, 9.17) is 11.6 Å². The normalized spacial score (nSPS) is 12.4. The lowest BCUT2D eigenvalue weighted by Crippen LogP contribution is -2.29. The number of fused-ring (bicyclic) bond motifs is 1. The number of hydrogen-bond donors (Lipinski definition) is 0. The third-order valence-corrected chi connectivity index (χ3v) is 4.07. The van der Waals surface area contributed by atoms with Crippen molar-refractivity contribution in [1.29, 1.82) is 0 Å². The minimum Gasteiger partial charge on any atom is -0.462 e. The maximum atomic E-state index is 12.5. The van der Waals surface area contributed by atoms with Crippen molar-refractivity contribution in [1.82, 2.24) is 14.8 Å². The van der Waals surface area contributed by atoms with Gasteiger partial charge in [0.2, 0.25) is 0 Å². The van der Waals surface area contributed by atoms with Gasteiger partial charge in [0.15, 0.2) is 5.65 Å². The molecule has 0 saturated carbocycles. The molecule has 0 bridgehead atoms. The van der Waals surface area contributed by atoms with Gasteiger partial charge in [-0.15, -0.1) is 0 Å². The van der Waals surface area contributed by atoms with Crippen LogP contribution < -0.4 is 4.18 Å². The topological polar surface area (TPSA) is 100 Å². The molecular weight excluding hydrogens is 379 g/mol. The highest BCUT2D eigenvalue weighted by molar-refractivity contribution is 7.88. The fourth-order valence-corrected chi connectivity index (χ4v) is 2.41. The van der Waals surface area contributed by atoms with Gasteiger partial charge < -0.3 is 8.92 Å². The molecule has 0 saturated heterocycles. The lowest BCUT2D eigenvalue weighted by molar-refractivity contribution is -0.0501. The number of halogens is 4. The molecule has 2 aromatic heterocycles. The summed E-state index contributed by atoms with van der Waals surface area (Å²) in [5.74, 6) is -2.33. The molecule has 0 aromatic carbocycles. The minimum absolute atomic E-state index is 0.0829. The van der Waals surface area contributed by atoms with E-state index in [0.717, 1.165) is 4.68 Å². The number of hydrogen-bond acceptors (Lipinski definition) is 7. The van der Waals surface area contributed by atoms with Gasteiger partial charge in [0, 0.05) is 7.05 Å². The van der Waals surface area contributed by atoms with Crippen LogP contribution in [0.3, 0.4) is 0 Å². The molecule has 0 amide bonds. The van der Waals surface area contributed by atoms with Crippen molar-refractivity contribution in [2.45, 2.75) is 12.4 Å². The molecule has 2 rings (SSSR count). The van der Waals surface area contributed by atoms with Gasteiger partial charge >= 0.3 is 21.6 Å². The van der Waals surface area contributed by atoms with E-state index in [9.17, 15) is 26.4 Å². The Morgan fingerprint density at radius 3 is 2.58 bits per heavy atom. The third kappa shape index (κ3) is 3.11. The van der Waals surface area contributed by atoms with Gasteiger partial charge in [0.05, 0.1) is 23.2 Å². The highest BCUT2D eigenvalue weighted by atomic mass is 35.5. The van der Waals surface area contributed by atoms with E-state index >= 15 is 0 Å². The van der Waals surface area contributed by atoms with Crippen LogP contribution in [-0.2, 0) is 21.9 Å². The minimum atomic E-state index is -6.06. The smallest absolute Gasteiger partial charge is 0.462 e. The molecule has 0 aliphatic rings. The number of alkyl halides is 3. The van der Waals surface area contributed by atoms with Crippen molar-refractivity contribution >= 4 is 38.7 Å². The SMILES string of the molecule is CCOC(=O)c1c(OS(=O)(=O)C(F)(F)F)nc2c(cnn2C)c1Cl. The Kier molecular flexibility index (Phi) is 4.63. The largest absolute Gasteiger partial charge is 0.534 e. The van der Waals surface area contributed by atoms with Gasteiger partial charge in [-0.05, 0) is 6.92 Å².